The average molecular weight is 379 g/mol. The van der Waals surface area contributed by atoms with Crippen LogP contribution in [0.15, 0.2) is 30.3 Å². The monoisotopic (exact) mass is 378 g/mol. The van der Waals surface area contributed by atoms with Gasteiger partial charge in [0.15, 0.2) is 0 Å². The van der Waals surface area contributed by atoms with E-state index in [1.165, 1.54) is 37.7 Å². The molecule has 1 aromatic rings. The third kappa shape index (κ3) is 16.1. The Kier molecular flexibility index (Phi) is 16.4. The summed E-state index contributed by atoms with van der Waals surface area (Å²) >= 11 is 0. The molecule has 0 spiro atoms. The fraction of sp³-hybridized carbons (Fsp3) is 0.652. The first-order chi connectivity index (χ1) is 13.0. The minimum absolute atomic E-state index is 0.0894. The van der Waals surface area contributed by atoms with Crippen molar-refractivity contribution in [3.63, 3.8) is 0 Å². The molecule has 0 bridgehead atoms. The molecule has 1 rings (SSSR count). The SMILES string of the molecule is CCCCCCC(CCCCC)C(=O)O.O=C(O)CCCc1ccccc1. The van der Waals surface area contributed by atoms with E-state index in [0.29, 0.717) is 0 Å². The van der Waals surface area contributed by atoms with Crippen LogP contribution in [0.5, 0.6) is 0 Å². The molecule has 4 nitrogen and oxygen atoms in total. The maximum absolute atomic E-state index is 11.0. The molecule has 1 atom stereocenters. The molecule has 0 aliphatic carbocycles. The van der Waals surface area contributed by atoms with Crippen molar-refractivity contribution in [2.45, 2.75) is 90.9 Å². The van der Waals surface area contributed by atoms with Gasteiger partial charge in [-0.1, -0.05) is 89.1 Å². The number of carbonyl (C=O) groups is 2. The highest BCUT2D eigenvalue weighted by Crippen LogP contribution is 2.18. The Hall–Kier alpha value is -1.84. The Labute approximate surface area is 165 Å². The van der Waals surface area contributed by atoms with Crippen molar-refractivity contribution in [3.8, 4) is 0 Å². The number of carboxylic acids is 2. The van der Waals surface area contributed by atoms with Gasteiger partial charge < -0.3 is 10.2 Å². The highest BCUT2D eigenvalue weighted by Gasteiger charge is 2.15. The van der Waals surface area contributed by atoms with Crippen molar-refractivity contribution >= 4 is 11.9 Å². The fourth-order valence-electron chi connectivity index (χ4n) is 2.94. The van der Waals surface area contributed by atoms with Gasteiger partial charge in [0.25, 0.3) is 0 Å². The summed E-state index contributed by atoms with van der Waals surface area (Å²) in [5, 5.41) is 17.4. The Morgan fingerprint density at radius 3 is 1.89 bits per heavy atom. The molecule has 0 saturated carbocycles. The number of unbranched alkanes of at least 4 members (excludes halogenated alkanes) is 5. The number of aryl methyl sites for hydroxylation is 1. The zero-order valence-electron chi connectivity index (χ0n) is 17.2. The van der Waals surface area contributed by atoms with Crippen molar-refractivity contribution in [2.24, 2.45) is 5.92 Å². The second-order valence-electron chi connectivity index (χ2n) is 7.11. The molecule has 0 aromatic heterocycles. The van der Waals surface area contributed by atoms with Crippen LogP contribution in [0.3, 0.4) is 0 Å². The first kappa shape index (κ1) is 25.2. The standard InChI is InChI=1S/C13H26O2.C10H12O2/c1-3-5-7-9-11-12(13(14)15)10-8-6-4-2;11-10(12)8-4-7-9-5-2-1-3-6-9/h12H,3-11H2,1-2H3,(H,14,15);1-3,5-6H,4,7-8H2,(H,11,12). The topological polar surface area (TPSA) is 74.6 Å². The van der Waals surface area contributed by atoms with E-state index in [9.17, 15) is 9.59 Å². The van der Waals surface area contributed by atoms with Crippen LogP contribution in [0.2, 0.25) is 0 Å². The number of rotatable bonds is 14. The lowest BCUT2D eigenvalue weighted by molar-refractivity contribution is -0.142. The van der Waals surface area contributed by atoms with Crippen LogP contribution in [-0.2, 0) is 16.0 Å². The number of benzene rings is 1. The molecule has 0 radical (unpaired) electrons. The van der Waals surface area contributed by atoms with Gasteiger partial charge >= 0.3 is 11.9 Å². The second kappa shape index (κ2) is 17.6. The highest BCUT2D eigenvalue weighted by molar-refractivity contribution is 5.69. The predicted octanol–water partition coefficient (Wildman–Crippen LogP) is 6.33. The first-order valence-corrected chi connectivity index (χ1v) is 10.5. The van der Waals surface area contributed by atoms with Crippen LogP contribution in [0.1, 0.15) is 90.0 Å². The molecule has 4 heteroatoms. The molecule has 0 fully saturated rings. The molecule has 27 heavy (non-hydrogen) atoms. The van der Waals surface area contributed by atoms with Crippen LogP contribution in [0.25, 0.3) is 0 Å². The number of hydrogen-bond donors (Lipinski definition) is 2. The van der Waals surface area contributed by atoms with E-state index in [-0.39, 0.29) is 12.3 Å². The zero-order valence-corrected chi connectivity index (χ0v) is 17.2. The van der Waals surface area contributed by atoms with Gasteiger partial charge in [-0.25, -0.2) is 0 Å². The van der Waals surface area contributed by atoms with Crippen molar-refractivity contribution in [2.75, 3.05) is 0 Å². The van der Waals surface area contributed by atoms with E-state index >= 15 is 0 Å². The van der Waals surface area contributed by atoms with Crippen molar-refractivity contribution in [3.05, 3.63) is 35.9 Å². The van der Waals surface area contributed by atoms with Crippen molar-refractivity contribution in [1.29, 1.82) is 0 Å². The molecule has 2 N–H and O–H groups in total. The van der Waals surface area contributed by atoms with Crippen LogP contribution >= 0.6 is 0 Å². The lowest BCUT2D eigenvalue weighted by Crippen LogP contribution is -2.13. The summed E-state index contributed by atoms with van der Waals surface area (Å²) in [7, 11) is 0. The maximum Gasteiger partial charge on any atom is 0.306 e. The minimum Gasteiger partial charge on any atom is -0.481 e. The van der Waals surface area contributed by atoms with Crippen molar-refractivity contribution in [1.82, 2.24) is 0 Å². The largest absolute Gasteiger partial charge is 0.481 e. The summed E-state index contributed by atoms with van der Waals surface area (Å²) in [5.41, 5.74) is 1.21. The van der Waals surface area contributed by atoms with Crippen LogP contribution < -0.4 is 0 Å². The molecule has 0 aliphatic heterocycles. The summed E-state index contributed by atoms with van der Waals surface area (Å²) in [6.07, 6.45) is 11.7. The Balaban J connectivity index is 0.000000511. The van der Waals surface area contributed by atoms with Crippen LogP contribution in [0, 0.1) is 5.92 Å². The van der Waals surface area contributed by atoms with E-state index in [1.54, 1.807) is 0 Å². The van der Waals surface area contributed by atoms with Gasteiger partial charge in [0, 0.05) is 6.42 Å². The normalized spacial score (nSPS) is 11.3. The molecule has 1 unspecified atom stereocenters. The first-order valence-electron chi connectivity index (χ1n) is 10.5. The average Bonchev–Trinajstić information content (AvgIpc) is 2.65. The Morgan fingerprint density at radius 2 is 1.37 bits per heavy atom. The quantitative estimate of drug-likeness (QED) is 0.371. The molecular weight excluding hydrogens is 340 g/mol. The van der Waals surface area contributed by atoms with Gasteiger partial charge in [0.1, 0.15) is 0 Å². The molecular formula is C23H38O4. The van der Waals surface area contributed by atoms with E-state index in [0.717, 1.165) is 38.5 Å². The van der Waals surface area contributed by atoms with E-state index in [2.05, 4.69) is 13.8 Å². The predicted molar refractivity (Wildman–Crippen MR) is 111 cm³/mol. The summed E-state index contributed by atoms with van der Waals surface area (Å²) in [4.78, 5) is 21.1. The molecule has 0 aliphatic rings. The third-order valence-corrected chi connectivity index (χ3v) is 4.61. The van der Waals surface area contributed by atoms with Gasteiger partial charge in [0.2, 0.25) is 0 Å². The van der Waals surface area contributed by atoms with E-state index in [1.807, 2.05) is 30.3 Å². The maximum atomic E-state index is 11.0. The van der Waals surface area contributed by atoms with E-state index < -0.39 is 11.9 Å². The summed E-state index contributed by atoms with van der Waals surface area (Å²) in [6, 6.07) is 9.93. The minimum atomic E-state index is -0.717. The number of aliphatic carboxylic acids is 2. The molecule has 154 valence electrons. The van der Waals surface area contributed by atoms with E-state index in [4.69, 9.17) is 10.2 Å². The van der Waals surface area contributed by atoms with Crippen molar-refractivity contribution < 1.29 is 19.8 Å². The third-order valence-electron chi connectivity index (χ3n) is 4.61. The fourth-order valence-corrected chi connectivity index (χ4v) is 2.94. The molecule has 0 heterocycles. The molecule has 1 aromatic carbocycles. The number of carboxylic acid groups (broad SMARTS) is 2. The summed E-state index contributed by atoms with van der Waals surface area (Å²) < 4.78 is 0. The highest BCUT2D eigenvalue weighted by atomic mass is 16.4. The summed E-state index contributed by atoms with van der Waals surface area (Å²) in [6.45, 7) is 4.33. The lowest BCUT2D eigenvalue weighted by atomic mass is 9.95. The summed E-state index contributed by atoms with van der Waals surface area (Å²) in [5.74, 6) is -1.40. The Bertz CT molecular complexity index is 484. The van der Waals surface area contributed by atoms with Crippen LogP contribution in [-0.4, -0.2) is 22.2 Å². The molecule has 0 saturated heterocycles. The Morgan fingerprint density at radius 1 is 0.815 bits per heavy atom. The number of hydrogen-bond acceptors (Lipinski definition) is 2. The van der Waals surface area contributed by atoms with Gasteiger partial charge in [-0.15, -0.1) is 0 Å². The van der Waals surface area contributed by atoms with Gasteiger partial charge in [-0.05, 0) is 31.2 Å². The smallest absolute Gasteiger partial charge is 0.306 e. The van der Waals surface area contributed by atoms with Crippen LogP contribution in [0.4, 0.5) is 0 Å². The van der Waals surface area contributed by atoms with Gasteiger partial charge in [-0.2, -0.15) is 0 Å². The molecule has 0 amide bonds. The zero-order chi connectivity index (χ0) is 20.3. The van der Waals surface area contributed by atoms with Gasteiger partial charge in [0.05, 0.1) is 5.92 Å². The van der Waals surface area contributed by atoms with Gasteiger partial charge in [-0.3, -0.25) is 9.59 Å². The lowest BCUT2D eigenvalue weighted by Gasteiger charge is -2.11. The second-order valence-corrected chi connectivity index (χ2v) is 7.11.